The molecule has 0 saturated heterocycles. The summed E-state index contributed by atoms with van der Waals surface area (Å²) in [6.45, 7) is 2.59. The number of rotatable bonds is 5. The van der Waals surface area contributed by atoms with E-state index in [1.165, 1.54) is 13.8 Å². The van der Waals surface area contributed by atoms with Crippen LogP contribution in [0.5, 0.6) is 0 Å². The molecule has 2 N–H and O–H groups in total. The van der Waals surface area contributed by atoms with Gasteiger partial charge in [0.2, 0.25) is 0 Å². The zero-order chi connectivity index (χ0) is 9.61. The Morgan fingerprint density at radius 2 is 2.17 bits per heavy atom. The van der Waals surface area contributed by atoms with Gasteiger partial charge in [-0.1, -0.05) is 0 Å². The fraction of sp³-hybridized carbons (Fsp3) is 0.857. The molecule has 0 aliphatic carbocycles. The van der Waals surface area contributed by atoms with Crippen LogP contribution in [0.2, 0.25) is 0 Å². The van der Waals surface area contributed by atoms with Gasteiger partial charge in [-0.25, -0.2) is 4.89 Å². The van der Waals surface area contributed by atoms with Crippen molar-refractivity contribution in [1.29, 1.82) is 0 Å². The molecular weight excluding hydrogens is 164 g/mol. The van der Waals surface area contributed by atoms with E-state index in [0.29, 0.717) is 0 Å². The van der Waals surface area contributed by atoms with Crippen LogP contribution in [0.15, 0.2) is 0 Å². The molecule has 0 saturated carbocycles. The standard InChI is InChI=1S/C7H14O5/c1-6(9)11-4-3-7(2,5-8)12-10/h8,10H,3-5H2,1-2H3. The van der Waals surface area contributed by atoms with Gasteiger partial charge < -0.3 is 9.84 Å². The van der Waals surface area contributed by atoms with E-state index in [1.54, 1.807) is 0 Å². The molecule has 0 aromatic heterocycles. The van der Waals surface area contributed by atoms with Gasteiger partial charge in [-0.15, -0.1) is 0 Å². The molecule has 0 aromatic carbocycles. The summed E-state index contributed by atoms with van der Waals surface area (Å²) in [6, 6.07) is 0. The van der Waals surface area contributed by atoms with Gasteiger partial charge in [-0.05, 0) is 6.92 Å². The van der Waals surface area contributed by atoms with Gasteiger partial charge in [-0.3, -0.25) is 10.1 Å². The highest BCUT2D eigenvalue weighted by Gasteiger charge is 2.24. The van der Waals surface area contributed by atoms with Crippen LogP contribution >= 0.6 is 0 Å². The van der Waals surface area contributed by atoms with Crippen molar-refractivity contribution in [1.82, 2.24) is 0 Å². The Bertz CT molecular complexity index is 141. The summed E-state index contributed by atoms with van der Waals surface area (Å²) in [5.74, 6) is -0.395. The molecule has 5 heteroatoms. The number of hydrogen-bond acceptors (Lipinski definition) is 5. The van der Waals surface area contributed by atoms with Gasteiger partial charge in [-0.2, -0.15) is 0 Å². The Morgan fingerprint density at radius 3 is 2.50 bits per heavy atom. The van der Waals surface area contributed by atoms with Crippen LogP contribution in [0.4, 0.5) is 0 Å². The van der Waals surface area contributed by atoms with Crippen molar-refractivity contribution in [2.24, 2.45) is 0 Å². The Balaban J connectivity index is 3.65. The van der Waals surface area contributed by atoms with Gasteiger partial charge in [0.1, 0.15) is 5.60 Å². The number of esters is 1. The van der Waals surface area contributed by atoms with Gasteiger partial charge >= 0.3 is 5.97 Å². The highest BCUT2D eigenvalue weighted by molar-refractivity contribution is 5.65. The summed E-state index contributed by atoms with van der Waals surface area (Å²) in [7, 11) is 0. The molecule has 0 rings (SSSR count). The molecule has 0 bridgehead atoms. The Hall–Kier alpha value is -0.650. The molecule has 0 spiro atoms. The highest BCUT2D eigenvalue weighted by Crippen LogP contribution is 2.12. The molecule has 1 atom stereocenters. The third-order valence-corrected chi connectivity index (χ3v) is 1.49. The van der Waals surface area contributed by atoms with E-state index < -0.39 is 11.6 Å². The molecular formula is C7H14O5. The van der Waals surface area contributed by atoms with Gasteiger partial charge in [0.25, 0.3) is 0 Å². The molecule has 0 radical (unpaired) electrons. The minimum absolute atomic E-state index is 0.118. The van der Waals surface area contributed by atoms with Crippen molar-refractivity contribution in [3.8, 4) is 0 Å². The second-order valence-corrected chi connectivity index (χ2v) is 2.79. The number of carbonyl (C=O) groups excluding carboxylic acids is 1. The van der Waals surface area contributed by atoms with Crippen LogP contribution < -0.4 is 0 Å². The van der Waals surface area contributed by atoms with Crippen LogP contribution in [0.25, 0.3) is 0 Å². The second kappa shape index (κ2) is 5.08. The van der Waals surface area contributed by atoms with Gasteiger partial charge in [0.05, 0.1) is 13.2 Å². The number of carbonyl (C=O) groups is 1. The first-order chi connectivity index (χ1) is 5.54. The van der Waals surface area contributed by atoms with E-state index in [2.05, 4.69) is 9.62 Å². The van der Waals surface area contributed by atoms with Crippen LogP contribution in [0.1, 0.15) is 20.3 Å². The highest BCUT2D eigenvalue weighted by atomic mass is 17.1. The van der Waals surface area contributed by atoms with Crippen LogP contribution in [-0.4, -0.2) is 35.1 Å². The minimum Gasteiger partial charge on any atom is -0.466 e. The fourth-order valence-electron chi connectivity index (χ4n) is 0.564. The van der Waals surface area contributed by atoms with Crippen molar-refractivity contribution in [3.05, 3.63) is 0 Å². The van der Waals surface area contributed by atoms with E-state index in [4.69, 9.17) is 10.4 Å². The number of ether oxygens (including phenoxy) is 1. The van der Waals surface area contributed by atoms with E-state index in [0.717, 1.165) is 0 Å². The second-order valence-electron chi connectivity index (χ2n) is 2.79. The largest absolute Gasteiger partial charge is 0.466 e. The maximum atomic E-state index is 10.3. The summed E-state index contributed by atoms with van der Waals surface area (Å²) in [5.41, 5.74) is -1.05. The van der Waals surface area contributed by atoms with E-state index in [9.17, 15) is 4.79 Å². The Labute approximate surface area is 70.8 Å². The van der Waals surface area contributed by atoms with Crippen molar-refractivity contribution in [3.63, 3.8) is 0 Å². The lowest BCUT2D eigenvalue weighted by molar-refractivity contribution is -0.328. The van der Waals surface area contributed by atoms with Crippen molar-refractivity contribution in [2.45, 2.75) is 25.9 Å². The molecule has 0 amide bonds. The molecule has 0 aliphatic heterocycles. The first-order valence-electron chi connectivity index (χ1n) is 3.61. The third kappa shape index (κ3) is 4.27. The van der Waals surface area contributed by atoms with Crippen LogP contribution in [0, 0.1) is 0 Å². The SMILES string of the molecule is CC(=O)OCCC(C)(CO)OO. The lowest BCUT2D eigenvalue weighted by atomic mass is 10.1. The summed E-state index contributed by atoms with van der Waals surface area (Å²) >= 11 is 0. The maximum Gasteiger partial charge on any atom is 0.302 e. The number of aliphatic hydroxyl groups excluding tert-OH is 1. The predicted octanol–water partition coefficient (Wildman–Crippen LogP) is 0.180. The molecule has 72 valence electrons. The van der Waals surface area contributed by atoms with Crippen molar-refractivity contribution in [2.75, 3.05) is 13.2 Å². The maximum absolute atomic E-state index is 10.3. The smallest absolute Gasteiger partial charge is 0.302 e. The summed E-state index contributed by atoms with van der Waals surface area (Å²) in [5, 5.41) is 17.1. The first kappa shape index (κ1) is 11.4. The summed E-state index contributed by atoms with van der Waals surface area (Å²) in [4.78, 5) is 14.3. The minimum atomic E-state index is -1.05. The molecule has 0 fully saturated rings. The van der Waals surface area contributed by atoms with Crippen molar-refractivity contribution >= 4 is 5.97 Å². The summed E-state index contributed by atoms with van der Waals surface area (Å²) in [6.07, 6.45) is 0.250. The third-order valence-electron chi connectivity index (χ3n) is 1.49. The molecule has 1 unspecified atom stereocenters. The molecule has 12 heavy (non-hydrogen) atoms. The van der Waals surface area contributed by atoms with E-state index in [-0.39, 0.29) is 19.6 Å². The molecule has 0 heterocycles. The first-order valence-corrected chi connectivity index (χ1v) is 3.61. The van der Waals surface area contributed by atoms with Crippen LogP contribution in [0.3, 0.4) is 0 Å². The average Bonchev–Trinajstić information content (AvgIpc) is 2.03. The normalized spacial score (nSPS) is 15.3. The van der Waals surface area contributed by atoms with E-state index >= 15 is 0 Å². The molecule has 0 aliphatic rings. The topological polar surface area (TPSA) is 76.0 Å². The predicted molar refractivity (Wildman–Crippen MR) is 40.5 cm³/mol. The zero-order valence-corrected chi connectivity index (χ0v) is 7.24. The van der Waals surface area contributed by atoms with Gasteiger partial charge in [0.15, 0.2) is 0 Å². The van der Waals surface area contributed by atoms with Crippen LogP contribution in [-0.2, 0) is 14.4 Å². The zero-order valence-electron chi connectivity index (χ0n) is 7.24. The Morgan fingerprint density at radius 1 is 1.58 bits per heavy atom. The molecule has 0 aromatic rings. The fourth-order valence-corrected chi connectivity index (χ4v) is 0.564. The summed E-state index contributed by atoms with van der Waals surface area (Å²) < 4.78 is 4.60. The van der Waals surface area contributed by atoms with E-state index in [1.807, 2.05) is 0 Å². The van der Waals surface area contributed by atoms with Crippen molar-refractivity contribution < 1.29 is 24.8 Å². The molecule has 5 nitrogen and oxygen atoms in total. The average molecular weight is 178 g/mol. The number of aliphatic hydroxyl groups is 1. The number of hydrogen-bond donors (Lipinski definition) is 2. The lowest BCUT2D eigenvalue weighted by Gasteiger charge is -2.22. The lowest BCUT2D eigenvalue weighted by Crippen LogP contribution is -2.33. The Kier molecular flexibility index (Phi) is 4.80. The monoisotopic (exact) mass is 178 g/mol. The van der Waals surface area contributed by atoms with Gasteiger partial charge in [0, 0.05) is 13.3 Å². The quantitative estimate of drug-likeness (QED) is 0.357.